The van der Waals surface area contributed by atoms with Crippen LogP contribution >= 0.6 is 11.3 Å². The van der Waals surface area contributed by atoms with Gasteiger partial charge in [0.05, 0.1) is 5.01 Å². The molecule has 1 heterocycles. The first-order valence-electron chi connectivity index (χ1n) is 5.37. The molecule has 1 rings (SSSR count). The summed E-state index contributed by atoms with van der Waals surface area (Å²) in [6.45, 7) is 0.129. The molecule has 0 saturated carbocycles. The van der Waals surface area contributed by atoms with Crippen molar-refractivity contribution in [2.75, 3.05) is 13.2 Å². The molecule has 18 heavy (non-hydrogen) atoms. The van der Waals surface area contributed by atoms with Gasteiger partial charge < -0.3 is 21.3 Å². The molecule has 0 saturated heterocycles. The van der Waals surface area contributed by atoms with Crippen LogP contribution < -0.4 is 11.1 Å². The van der Waals surface area contributed by atoms with Crippen LogP contribution in [0.4, 0.5) is 0 Å². The number of aliphatic hydroxyl groups is 1. The number of nitrogens with two attached hydrogens (primary N) is 1. The Kier molecular flexibility index (Phi) is 5.69. The molecule has 7 nitrogen and oxygen atoms in total. The number of nitrogens with one attached hydrogen (secondary N) is 1. The number of thiazole rings is 1. The zero-order valence-electron chi connectivity index (χ0n) is 9.63. The van der Waals surface area contributed by atoms with Crippen molar-refractivity contribution in [3.63, 3.8) is 0 Å². The van der Waals surface area contributed by atoms with Crippen molar-refractivity contribution in [1.29, 1.82) is 0 Å². The van der Waals surface area contributed by atoms with Crippen molar-refractivity contribution in [3.05, 3.63) is 16.1 Å². The average Bonchev–Trinajstić information content (AvgIpc) is 2.77. The molecule has 0 spiro atoms. The maximum Gasteiger partial charge on any atom is 0.326 e. The third-order valence-electron chi connectivity index (χ3n) is 2.16. The minimum Gasteiger partial charge on any atom is -0.480 e. The predicted molar refractivity (Wildman–Crippen MR) is 65.5 cm³/mol. The number of carbonyl (C=O) groups is 2. The summed E-state index contributed by atoms with van der Waals surface area (Å²) in [7, 11) is 0. The summed E-state index contributed by atoms with van der Waals surface area (Å²) in [4.78, 5) is 26.6. The highest BCUT2D eigenvalue weighted by Gasteiger charge is 2.21. The largest absolute Gasteiger partial charge is 0.480 e. The van der Waals surface area contributed by atoms with Crippen LogP contribution in [0, 0.1) is 0 Å². The molecule has 0 radical (unpaired) electrons. The van der Waals surface area contributed by atoms with Crippen LogP contribution in [0.2, 0.25) is 0 Å². The van der Waals surface area contributed by atoms with E-state index in [1.54, 1.807) is 5.38 Å². The van der Waals surface area contributed by atoms with Gasteiger partial charge in [0.25, 0.3) is 5.91 Å². The summed E-state index contributed by atoms with van der Waals surface area (Å²) in [6.07, 6.45) is 0.539. The van der Waals surface area contributed by atoms with Crippen molar-refractivity contribution in [1.82, 2.24) is 10.3 Å². The second-order valence-electron chi connectivity index (χ2n) is 3.54. The quantitative estimate of drug-likeness (QED) is 0.516. The number of hydrogen-bond donors (Lipinski definition) is 4. The number of aliphatic hydroxyl groups excluding tert-OH is 1. The Hall–Kier alpha value is -1.51. The van der Waals surface area contributed by atoms with Crippen LogP contribution in [0.5, 0.6) is 0 Å². The van der Waals surface area contributed by atoms with Gasteiger partial charge in [-0.05, 0) is 6.54 Å². The minimum atomic E-state index is -1.19. The molecule has 0 aliphatic heterocycles. The van der Waals surface area contributed by atoms with E-state index in [0.717, 1.165) is 5.01 Å². The van der Waals surface area contributed by atoms with E-state index in [1.807, 2.05) is 0 Å². The molecule has 0 aliphatic rings. The maximum absolute atomic E-state index is 11.7. The van der Waals surface area contributed by atoms with Gasteiger partial charge in [-0.15, -0.1) is 11.3 Å². The van der Waals surface area contributed by atoms with Gasteiger partial charge >= 0.3 is 5.97 Å². The van der Waals surface area contributed by atoms with Crippen molar-refractivity contribution in [3.8, 4) is 0 Å². The summed E-state index contributed by atoms with van der Waals surface area (Å²) in [5.41, 5.74) is 5.54. The second kappa shape index (κ2) is 7.04. The molecule has 1 atom stereocenters. The van der Waals surface area contributed by atoms with Crippen LogP contribution in [0.25, 0.3) is 0 Å². The van der Waals surface area contributed by atoms with E-state index in [1.165, 1.54) is 11.3 Å². The third kappa shape index (κ3) is 4.06. The van der Waals surface area contributed by atoms with Gasteiger partial charge in [0.15, 0.2) is 0 Å². The monoisotopic (exact) mass is 273 g/mol. The molecule has 0 aliphatic carbocycles. The van der Waals surface area contributed by atoms with Crippen LogP contribution in [-0.2, 0) is 11.2 Å². The third-order valence-corrected chi connectivity index (χ3v) is 3.07. The highest BCUT2D eigenvalue weighted by Crippen LogP contribution is 2.10. The lowest BCUT2D eigenvalue weighted by molar-refractivity contribution is -0.139. The number of amides is 1. The summed E-state index contributed by atoms with van der Waals surface area (Å²) in [6, 6.07) is -1.11. The first-order valence-corrected chi connectivity index (χ1v) is 6.25. The molecule has 8 heteroatoms. The van der Waals surface area contributed by atoms with Gasteiger partial charge in [-0.1, -0.05) is 0 Å². The maximum atomic E-state index is 11.7. The zero-order valence-corrected chi connectivity index (χ0v) is 10.4. The van der Waals surface area contributed by atoms with Gasteiger partial charge in [-0.2, -0.15) is 0 Å². The van der Waals surface area contributed by atoms with Crippen LogP contribution in [0.3, 0.4) is 0 Å². The van der Waals surface area contributed by atoms with Crippen molar-refractivity contribution >= 4 is 23.2 Å². The molecule has 0 fully saturated rings. The molecule has 0 unspecified atom stereocenters. The lowest BCUT2D eigenvalue weighted by atomic mass is 10.2. The fourth-order valence-corrected chi connectivity index (χ4v) is 2.07. The summed E-state index contributed by atoms with van der Waals surface area (Å²) >= 11 is 1.30. The normalized spacial score (nSPS) is 12.1. The molecular formula is C10H15N3O4S. The number of nitrogens with zero attached hydrogens (tertiary/aromatic N) is 1. The topological polar surface area (TPSA) is 126 Å². The molecule has 1 aromatic rings. The average molecular weight is 273 g/mol. The number of carbonyl (C=O) groups excluding carboxylic acids is 1. The zero-order chi connectivity index (χ0) is 13.5. The molecule has 1 aromatic heterocycles. The summed E-state index contributed by atoms with van der Waals surface area (Å²) in [5, 5.41) is 22.1. The van der Waals surface area contributed by atoms with E-state index in [0.29, 0.717) is 13.0 Å². The highest BCUT2D eigenvalue weighted by atomic mass is 32.1. The van der Waals surface area contributed by atoms with E-state index in [9.17, 15) is 9.59 Å². The lowest BCUT2D eigenvalue weighted by Crippen LogP contribution is -2.41. The summed E-state index contributed by atoms with van der Waals surface area (Å²) < 4.78 is 0. The number of aliphatic carboxylic acids is 1. The number of aromatic nitrogens is 1. The van der Waals surface area contributed by atoms with Gasteiger partial charge in [0.2, 0.25) is 0 Å². The first kappa shape index (κ1) is 14.6. The molecule has 5 N–H and O–H groups in total. The molecule has 0 aromatic carbocycles. The highest BCUT2D eigenvalue weighted by molar-refractivity contribution is 7.09. The molecular weight excluding hydrogens is 258 g/mol. The predicted octanol–water partition coefficient (Wildman–Crippen LogP) is -0.790. The van der Waals surface area contributed by atoms with Crippen LogP contribution in [-0.4, -0.2) is 46.3 Å². The van der Waals surface area contributed by atoms with Gasteiger partial charge in [-0.25, -0.2) is 9.78 Å². The minimum absolute atomic E-state index is 0.0408. The fraction of sp³-hybridized carbons (Fsp3) is 0.500. The van der Waals surface area contributed by atoms with E-state index in [4.69, 9.17) is 15.9 Å². The van der Waals surface area contributed by atoms with Gasteiger partial charge in [0, 0.05) is 24.8 Å². The van der Waals surface area contributed by atoms with Crippen molar-refractivity contribution < 1.29 is 19.8 Å². The van der Waals surface area contributed by atoms with Crippen LogP contribution in [0.1, 0.15) is 21.9 Å². The standard InChI is InChI=1S/C10H15N3O4S/c11-3-1-8-12-7(5-18-8)9(15)13-6(2-4-14)10(16)17/h5-6,14H,1-4,11H2,(H,13,15)(H,16,17)/t6-/m0/s1. The van der Waals surface area contributed by atoms with Gasteiger partial charge in [0.1, 0.15) is 11.7 Å². The number of carboxylic acids is 1. The molecule has 0 bridgehead atoms. The SMILES string of the molecule is NCCc1nc(C(=O)N[C@@H](CCO)C(=O)O)cs1. The van der Waals surface area contributed by atoms with Crippen LogP contribution in [0.15, 0.2) is 5.38 Å². The summed E-state index contributed by atoms with van der Waals surface area (Å²) in [5.74, 6) is -1.75. The Bertz CT molecular complexity index is 421. The number of hydrogen-bond acceptors (Lipinski definition) is 6. The number of carboxylic acid groups (broad SMARTS) is 1. The molecule has 100 valence electrons. The Morgan fingerprint density at radius 1 is 1.56 bits per heavy atom. The second-order valence-corrected chi connectivity index (χ2v) is 4.48. The fourth-order valence-electron chi connectivity index (χ4n) is 1.27. The molecule has 1 amide bonds. The van der Waals surface area contributed by atoms with E-state index in [-0.39, 0.29) is 18.7 Å². The van der Waals surface area contributed by atoms with E-state index >= 15 is 0 Å². The number of rotatable bonds is 7. The smallest absolute Gasteiger partial charge is 0.326 e. The van der Waals surface area contributed by atoms with E-state index in [2.05, 4.69) is 10.3 Å². The van der Waals surface area contributed by atoms with Crippen molar-refractivity contribution in [2.24, 2.45) is 5.73 Å². The Morgan fingerprint density at radius 3 is 2.83 bits per heavy atom. The Balaban J connectivity index is 2.64. The Morgan fingerprint density at radius 2 is 2.28 bits per heavy atom. The van der Waals surface area contributed by atoms with Gasteiger partial charge in [-0.3, -0.25) is 4.79 Å². The lowest BCUT2D eigenvalue weighted by Gasteiger charge is -2.11. The first-order chi connectivity index (χ1) is 8.58. The van der Waals surface area contributed by atoms with E-state index < -0.39 is 17.9 Å². The van der Waals surface area contributed by atoms with Crippen molar-refractivity contribution in [2.45, 2.75) is 18.9 Å². The Labute approximate surface area is 108 Å².